The standard InChI is InChI=1S/C22H22F2N4O2S/c1-2-3-10-25-21(30)15-4-7-17(8-5-15)28-12-11-26-22(28)31-14-20(29)27-19-9-6-16(23)13-18(19)24/h4-9,11-13H,2-3,10,14H2,1H3,(H,25,30)(H,27,29). The van der Waals surface area contributed by atoms with Crippen molar-refractivity contribution in [1.82, 2.24) is 14.9 Å². The third-order valence-electron chi connectivity index (χ3n) is 4.37. The van der Waals surface area contributed by atoms with Gasteiger partial charge in [-0.15, -0.1) is 0 Å². The summed E-state index contributed by atoms with van der Waals surface area (Å²) in [5.41, 5.74) is 1.27. The lowest BCUT2D eigenvalue weighted by Gasteiger charge is -2.10. The summed E-state index contributed by atoms with van der Waals surface area (Å²) in [6.07, 6.45) is 5.29. The van der Waals surface area contributed by atoms with Crippen LogP contribution in [0.25, 0.3) is 5.69 Å². The Bertz CT molecular complexity index is 1050. The molecule has 9 heteroatoms. The zero-order valence-corrected chi connectivity index (χ0v) is 17.7. The van der Waals surface area contributed by atoms with Crippen molar-refractivity contribution >= 4 is 29.3 Å². The predicted octanol–water partition coefficient (Wildman–Crippen LogP) is 4.41. The molecule has 6 nitrogen and oxygen atoms in total. The van der Waals surface area contributed by atoms with Gasteiger partial charge >= 0.3 is 0 Å². The summed E-state index contributed by atoms with van der Waals surface area (Å²) in [7, 11) is 0. The molecular weight excluding hydrogens is 422 g/mol. The highest BCUT2D eigenvalue weighted by molar-refractivity contribution is 7.99. The molecule has 1 aromatic heterocycles. The highest BCUT2D eigenvalue weighted by atomic mass is 32.2. The van der Waals surface area contributed by atoms with E-state index < -0.39 is 17.5 Å². The number of amides is 2. The first-order valence-electron chi connectivity index (χ1n) is 9.77. The van der Waals surface area contributed by atoms with Crippen molar-refractivity contribution in [3.63, 3.8) is 0 Å². The molecule has 0 atom stereocenters. The van der Waals surface area contributed by atoms with Crippen LogP contribution in [-0.4, -0.2) is 33.7 Å². The Morgan fingerprint density at radius 1 is 1.13 bits per heavy atom. The Hall–Kier alpha value is -3.20. The maximum atomic E-state index is 13.7. The van der Waals surface area contributed by atoms with E-state index in [-0.39, 0.29) is 17.3 Å². The number of halogens is 2. The summed E-state index contributed by atoms with van der Waals surface area (Å²) < 4.78 is 28.4. The van der Waals surface area contributed by atoms with Crippen molar-refractivity contribution in [3.05, 3.63) is 72.1 Å². The Balaban J connectivity index is 1.60. The summed E-state index contributed by atoms with van der Waals surface area (Å²) in [5, 5.41) is 5.85. The molecule has 3 aromatic rings. The molecule has 1 heterocycles. The first kappa shape index (κ1) is 22.5. The van der Waals surface area contributed by atoms with Gasteiger partial charge in [-0.25, -0.2) is 13.8 Å². The SMILES string of the molecule is CCCCNC(=O)c1ccc(-n2ccnc2SCC(=O)Nc2ccc(F)cc2F)cc1. The number of thioether (sulfide) groups is 1. The number of hydrogen-bond acceptors (Lipinski definition) is 4. The number of imidazole rings is 1. The largest absolute Gasteiger partial charge is 0.352 e. The van der Waals surface area contributed by atoms with Crippen LogP contribution in [0, 0.1) is 11.6 Å². The zero-order valence-electron chi connectivity index (χ0n) is 16.9. The average Bonchev–Trinajstić information content (AvgIpc) is 3.23. The van der Waals surface area contributed by atoms with E-state index in [1.165, 1.54) is 17.8 Å². The van der Waals surface area contributed by atoms with Crippen LogP contribution >= 0.6 is 11.8 Å². The van der Waals surface area contributed by atoms with E-state index in [2.05, 4.69) is 22.5 Å². The van der Waals surface area contributed by atoms with E-state index in [1.54, 1.807) is 41.2 Å². The summed E-state index contributed by atoms with van der Waals surface area (Å²) in [6, 6.07) is 10.0. The summed E-state index contributed by atoms with van der Waals surface area (Å²) in [6.45, 7) is 2.70. The molecule has 0 bridgehead atoms. The molecule has 2 N–H and O–H groups in total. The normalized spacial score (nSPS) is 10.7. The van der Waals surface area contributed by atoms with Gasteiger partial charge in [0.25, 0.3) is 5.91 Å². The van der Waals surface area contributed by atoms with Crippen LogP contribution in [0.5, 0.6) is 0 Å². The fraction of sp³-hybridized carbons (Fsp3) is 0.227. The molecule has 0 saturated heterocycles. The Kier molecular flexibility index (Phi) is 7.77. The topological polar surface area (TPSA) is 76.0 Å². The lowest BCUT2D eigenvalue weighted by molar-refractivity contribution is -0.113. The van der Waals surface area contributed by atoms with Gasteiger partial charge in [-0.05, 0) is 42.8 Å². The minimum atomic E-state index is -0.835. The van der Waals surface area contributed by atoms with Crippen LogP contribution in [0.15, 0.2) is 60.0 Å². The molecule has 0 radical (unpaired) electrons. The number of carbonyl (C=O) groups excluding carboxylic acids is 2. The first-order chi connectivity index (χ1) is 15.0. The smallest absolute Gasteiger partial charge is 0.251 e. The molecule has 2 amide bonds. The maximum absolute atomic E-state index is 13.7. The third kappa shape index (κ3) is 6.14. The van der Waals surface area contributed by atoms with Crippen molar-refractivity contribution in [3.8, 4) is 5.69 Å². The Morgan fingerprint density at radius 3 is 2.61 bits per heavy atom. The quantitative estimate of drug-likeness (QED) is 0.379. The number of nitrogens with zero attached hydrogens (tertiary/aromatic N) is 2. The van der Waals surface area contributed by atoms with Gasteiger partial charge in [-0.2, -0.15) is 0 Å². The molecule has 0 spiro atoms. The number of rotatable bonds is 9. The number of hydrogen-bond donors (Lipinski definition) is 2. The van der Waals surface area contributed by atoms with E-state index in [4.69, 9.17) is 0 Å². The third-order valence-corrected chi connectivity index (χ3v) is 5.33. The van der Waals surface area contributed by atoms with Crippen molar-refractivity contribution in [2.24, 2.45) is 0 Å². The highest BCUT2D eigenvalue weighted by Crippen LogP contribution is 2.22. The summed E-state index contributed by atoms with van der Waals surface area (Å²) in [4.78, 5) is 28.5. The predicted molar refractivity (Wildman–Crippen MR) is 117 cm³/mol. The van der Waals surface area contributed by atoms with E-state index in [0.717, 1.165) is 24.6 Å². The van der Waals surface area contributed by atoms with Gasteiger partial charge in [0, 0.05) is 36.3 Å². The number of anilines is 1. The van der Waals surface area contributed by atoms with Crippen molar-refractivity contribution in [1.29, 1.82) is 0 Å². The Morgan fingerprint density at radius 2 is 1.90 bits per heavy atom. The lowest BCUT2D eigenvalue weighted by Crippen LogP contribution is -2.24. The minimum Gasteiger partial charge on any atom is -0.352 e. The number of nitrogens with one attached hydrogen (secondary N) is 2. The van der Waals surface area contributed by atoms with Crippen LogP contribution in [0.3, 0.4) is 0 Å². The van der Waals surface area contributed by atoms with Crippen molar-refractivity contribution < 1.29 is 18.4 Å². The number of aromatic nitrogens is 2. The fourth-order valence-corrected chi connectivity index (χ4v) is 3.53. The second-order valence-electron chi connectivity index (χ2n) is 6.70. The highest BCUT2D eigenvalue weighted by Gasteiger charge is 2.12. The van der Waals surface area contributed by atoms with Crippen LogP contribution in [0.2, 0.25) is 0 Å². The van der Waals surface area contributed by atoms with Crippen molar-refractivity contribution in [2.75, 3.05) is 17.6 Å². The maximum Gasteiger partial charge on any atom is 0.251 e. The van der Waals surface area contributed by atoms with Crippen LogP contribution in [0.4, 0.5) is 14.5 Å². The minimum absolute atomic E-state index is 0.00819. The fourth-order valence-electron chi connectivity index (χ4n) is 2.75. The summed E-state index contributed by atoms with van der Waals surface area (Å²) in [5.74, 6) is -2.12. The van der Waals surface area contributed by atoms with Gasteiger partial charge in [0.2, 0.25) is 5.91 Å². The van der Waals surface area contributed by atoms with Gasteiger partial charge in [-0.1, -0.05) is 25.1 Å². The van der Waals surface area contributed by atoms with Gasteiger partial charge in [0.15, 0.2) is 5.16 Å². The van der Waals surface area contributed by atoms with Gasteiger partial charge in [-0.3, -0.25) is 14.2 Å². The average molecular weight is 445 g/mol. The molecule has 0 aliphatic carbocycles. The number of benzene rings is 2. The van der Waals surface area contributed by atoms with Gasteiger partial charge < -0.3 is 10.6 Å². The van der Waals surface area contributed by atoms with Gasteiger partial charge in [0.1, 0.15) is 11.6 Å². The molecule has 2 aromatic carbocycles. The van der Waals surface area contributed by atoms with Crippen LogP contribution in [0.1, 0.15) is 30.1 Å². The zero-order chi connectivity index (χ0) is 22.2. The lowest BCUT2D eigenvalue weighted by atomic mass is 10.2. The molecule has 0 fully saturated rings. The molecule has 0 unspecified atom stereocenters. The van der Waals surface area contributed by atoms with Crippen LogP contribution < -0.4 is 10.6 Å². The Labute approximate surface area is 183 Å². The molecular formula is C22H22F2N4O2S. The van der Waals surface area contributed by atoms with E-state index in [1.807, 2.05) is 0 Å². The van der Waals surface area contributed by atoms with Gasteiger partial charge in [0.05, 0.1) is 11.4 Å². The van der Waals surface area contributed by atoms with E-state index >= 15 is 0 Å². The molecule has 31 heavy (non-hydrogen) atoms. The number of carbonyl (C=O) groups is 2. The van der Waals surface area contributed by atoms with Crippen molar-refractivity contribution in [2.45, 2.75) is 24.9 Å². The second kappa shape index (κ2) is 10.7. The molecule has 0 aliphatic heterocycles. The molecule has 3 rings (SSSR count). The van der Waals surface area contributed by atoms with Crippen LogP contribution in [-0.2, 0) is 4.79 Å². The molecule has 0 saturated carbocycles. The molecule has 162 valence electrons. The van der Waals surface area contributed by atoms with E-state index in [9.17, 15) is 18.4 Å². The summed E-state index contributed by atoms with van der Waals surface area (Å²) >= 11 is 1.17. The molecule has 0 aliphatic rings. The second-order valence-corrected chi connectivity index (χ2v) is 7.64. The van der Waals surface area contributed by atoms with E-state index in [0.29, 0.717) is 23.3 Å². The monoisotopic (exact) mass is 444 g/mol. The number of unbranched alkanes of at least 4 members (excludes halogenated alkanes) is 1. The first-order valence-corrected chi connectivity index (χ1v) is 10.8.